The molecule has 0 amide bonds. The molecule has 5 heavy (non-hydrogen) atoms. The molecule has 0 aromatic heterocycles. The van der Waals surface area contributed by atoms with Crippen LogP contribution in [0.5, 0.6) is 0 Å². The van der Waals surface area contributed by atoms with Gasteiger partial charge in [0.1, 0.15) is 6.67 Å². The molecule has 0 bridgehead atoms. The van der Waals surface area contributed by atoms with Gasteiger partial charge in [0.05, 0.1) is 6.33 Å². The molecule has 30 valence electrons. The van der Waals surface area contributed by atoms with Crippen LogP contribution in [0, 0.1) is 0 Å². The molecule has 0 saturated heterocycles. The summed E-state index contributed by atoms with van der Waals surface area (Å²) in [4.78, 5) is 0. The van der Waals surface area contributed by atoms with E-state index in [-0.39, 0.29) is 6.33 Å². The van der Waals surface area contributed by atoms with Crippen LogP contribution >= 0.6 is 0 Å². The van der Waals surface area contributed by atoms with E-state index in [0.717, 1.165) is 6.08 Å². The van der Waals surface area contributed by atoms with Gasteiger partial charge in [0, 0.05) is 0 Å². The molecular formula is C3H4F2. The molecule has 0 aliphatic carbocycles. The normalized spacial score (nSPS) is 10.0. The van der Waals surface area contributed by atoms with Crippen molar-refractivity contribution < 1.29 is 8.78 Å². The first-order chi connectivity index (χ1) is 2.41. The minimum atomic E-state index is -0.712. The fourth-order valence-electron chi connectivity index (χ4n) is 0.0337. The van der Waals surface area contributed by atoms with E-state index in [0.29, 0.717) is 0 Å². The summed E-state index contributed by atoms with van der Waals surface area (Å²) in [5.74, 6) is 0. The lowest BCUT2D eigenvalue weighted by Gasteiger charge is -1.59. The number of allylic oxidation sites excluding steroid dienone is 1. The third-order valence-corrected chi connectivity index (χ3v) is 0.178. The first-order valence-electron chi connectivity index (χ1n) is 1.23. The molecule has 0 aromatic carbocycles. The second-order valence-electron chi connectivity index (χ2n) is 0.516. The fourth-order valence-corrected chi connectivity index (χ4v) is 0.0337. The molecule has 0 radical (unpaired) electrons. The van der Waals surface area contributed by atoms with Gasteiger partial charge in [-0.05, 0) is 6.08 Å². The first kappa shape index (κ1) is 4.60. The van der Waals surface area contributed by atoms with Crippen molar-refractivity contribution in [2.24, 2.45) is 0 Å². The van der Waals surface area contributed by atoms with E-state index in [1.54, 1.807) is 0 Å². The van der Waals surface area contributed by atoms with Crippen LogP contribution in [-0.4, -0.2) is 6.67 Å². The molecule has 0 saturated carbocycles. The van der Waals surface area contributed by atoms with E-state index >= 15 is 0 Å². The molecule has 0 atom stereocenters. The van der Waals surface area contributed by atoms with Crippen LogP contribution in [0.1, 0.15) is 0 Å². The van der Waals surface area contributed by atoms with Crippen molar-refractivity contribution in [1.29, 1.82) is 0 Å². The Labute approximate surface area is 29.1 Å². The van der Waals surface area contributed by atoms with Gasteiger partial charge in [-0.15, -0.1) is 0 Å². The van der Waals surface area contributed by atoms with Crippen molar-refractivity contribution in [2.75, 3.05) is 6.67 Å². The topological polar surface area (TPSA) is 0 Å². The van der Waals surface area contributed by atoms with E-state index < -0.39 is 6.67 Å². The Kier molecular flexibility index (Phi) is 3.31. The Bertz CT molecular complexity index is 31.9. The molecule has 0 aliphatic heterocycles. The zero-order valence-electron chi connectivity index (χ0n) is 2.62. The highest BCUT2D eigenvalue weighted by Gasteiger charge is 1.59. The quantitative estimate of drug-likeness (QED) is 0.445. The number of halogens is 2. The standard InChI is InChI=1S/C3H4F2/c4-2-1-3-5/h1-2H,3H2/b2-1+. The Morgan fingerprint density at radius 2 is 2.20 bits per heavy atom. The summed E-state index contributed by atoms with van der Waals surface area (Å²) in [6.45, 7) is -0.712. The molecule has 0 aromatic rings. The van der Waals surface area contributed by atoms with Gasteiger partial charge in [-0.1, -0.05) is 0 Å². The maximum absolute atomic E-state index is 10.7. The van der Waals surface area contributed by atoms with Crippen molar-refractivity contribution in [1.82, 2.24) is 0 Å². The number of alkyl halides is 1. The Morgan fingerprint density at radius 3 is 2.20 bits per heavy atom. The van der Waals surface area contributed by atoms with E-state index in [9.17, 15) is 8.78 Å². The smallest absolute Gasteiger partial charge is 0.110 e. The molecule has 0 spiro atoms. The maximum atomic E-state index is 10.7. The minimum Gasteiger partial charge on any atom is -0.246 e. The zero-order chi connectivity index (χ0) is 4.12. The highest BCUT2D eigenvalue weighted by Crippen LogP contribution is 1.70. The van der Waals surface area contributed by atoms with Gasteiger partial charge in [0.15, 0.2) is 0 Å². The number of hydrogen-bond donors (Lipinski definition) is 0. The Balaban J connectivity index is 2.62. The summed E-state index contributed by atoms with van der Waals surface area (Å²) in [5.41, 5.74) is 0. The van der Waals surface area contributed by atoms with E-state index in [1.807, 2.05) is 0 Å². The van der Waals surface area contributed by atoms with Crippen LogP contribution in [0.2, 0.25) is 0 Å². The average molecular weight is 78.1 g/mol. The lowest BCUT2D eigenvalue weighted by molar-refractivity contribution is 0.554. The Hall–Kier alpha value is -0.400. The predicted octanol–water partition coefficient (Wildman–Crippen LogP) is 1.44. The molecule has 2 heteroatoms. The van der Waals surface area contributed by atoms with Gasteiger partial charge in [0.2, 0.25) is 0 Å². The zero-order valence-corrected chi connectivity index (χ0v) is 2.62. The molecule has 0 fully saturated rings. The van der Waals surface area contributed by atoms with Crippen LogP contribution in [0.25, 0.3) is 0 Å². The molecular weight excluding hydrogens is 74.0 g/mol. The van der Waals surface area contributed by atoms with Crippen molar-refractivity contribution in [3.05, 3.63) is 12.4 Å². The SMILES string of the molecule is F/C=C/CF. The largest absolute Gasteiger partial charge is 0.246 e. The van der Waals surface area contributed by atoms with Crippen LogP contribution in [0.4, 0.5) is 8.78 Å². The summed E-state index contributed by atoms with van der Waals surface area (Å²) < 4.78 is 21.2. The van der Waals surface area contributed by atoms with Gasteiger partial charge in [-0.2, -0.15) is 0 Å². The summed E-state index contributed by atoms with van der Waals surface area (Å²) in [5, 5.41) is 0. The fraction of sp³-hybridized carbons (Fsp3) is 0.333. The lowest BCUT2D eigenvalue weighted by atomic mass is 10.7. The van der Waals surface area contributed by atoms with E-state index in [1.165, 1.54) is 0 Å². The highest BCUT2D eigenvalue weighted by molar-refractivity contribution is 4.68. The third-order valence-electron chi connectivity index (χ3n) is 0.178. The molecule has 0 unspecified atom stereocenters. The predicted molar refractivity (Wildman–Crippen MR) is 16.2 cm³/mol. The van der Waals surface area contributed by atoms with Crippen molar-refractivity contribution in [3.63, 3.8) is 0 Å². The molecule has 0 aliphatic rings. The molecule has 0 N–H and O–H groups in total. The van der Waals surface area contributed by atoms with Crippen molar-refractivity contribution in [3.8, 4) is 0 Å². The summed E-state index contributed by atoms with van der Waals surface area (Å²) in [6, 6.07) is 0. The molecule has 0 rings (SSSR count). The highest BCUT2D eigenvalue weighted by atomic mass is 19.1. The van der Waals surface area contributed by atoms with Crippen LogP contribution in [0.15, 0.2) is 12.4 Å². The van der Waals surface area contributed by atoms with Crippen molar-refractivity contribution in [2.45, 2.75) is 0 Å². The number of hydrogen-bond acceptors (Lipinski definition) is 0. The minimum absolute atomic E-state index is 0.181. The third kappa shape index (κ3) is 3.60. The van der Waals surface area contributed by atoms with Gasteiger partial charge in [0.25, 0.3) is 0 Å². The van der Waals surface area contributed by atoms with Gasteiger partial charge < -0.3 is 0 Å². The van der Waals surface area contributed by atoms with Crippen LogP contribution < -0.4 is 0 Å². The van der Waals surface area contributed by atoms with Crippen LogP contribution in [-0.2, 0) is 0 Å². The lowest BCUT2D eigenvalue weighted by Crippen LogP contribution is -1.52. The van der Waals surface area contributed by atoms with Gasteiger partial charge >= 0.3 is 0 Å². The Morgan fingerprint density at radius 1 is 1.60 bits per heavy atom. The molecule has 0 nitrogen and oxygen atoms in total. The molecule has 0 heterocycles. The van der Waals surface area contributed by atoms with Gasteiger partial charge in [-0.3, -0.25) is 0 Å². The second kappa shape index (κ2) is 3.60. The first-order valence-corrected chi connectivity index (χ1v) is 1.23. The summed E-state index contributed by atoms with van der Waals surface area (Å²) in [7, 11) is 0. The average Bonchev–Trinajstić information content (AvgIpc) is 1.41. The second-order valence-corrected chi connectivity index (χ2v) is 0.516. The maximum Gasteiger partial charge on any atom is 0.110 e. The summed E-state index contributed by atoms with van der Waals surface area (Å²) >= 11 is 0. The monoisotopic (exact) mass is 78.0 g/mol. The van der Waals surface area contributed by atoms with Crippen molar-refractivity contribution >= 4 is 0 Å². The van der Waals surface area contributed by atoms with Crippen LogP contribution in [0.3, 0.4) is 0 Å². The van der Waals surface area contributed by atoms with Gasteiger partial charge in [-0.25, -0.2) is 8.78 Å². The van der Waals surface area contributed by atoms with E-state index in [4.69, 9.17) is 0 Å². The number of rotatable bonds is 1. The van der Waals surface area contributed by atoms with E-state index in [2.05, 4.69) is 0 Å². The summed E-state index contributed by atoms with van der Waals surface area (Å²) in [6.07, 6.45) is 0.972.